The molecule has 0 amide bonds. The maximum atomic E-state index is 6.01. The highest BCUT2D eigenvalue weighted by atomic mass is 16.5. The molecule has 114 valence electrons. The molecule has 0 bridgehead atoms. The topological polar surface area (TPSA) is 37.6 Å². The highest BCUT2D eigenvalue weighted by Gasteiger charge is 2.22. The van der Waals surface area contributed by atoms with Gasteiger partial charge in [0.2, 0.25) is 0 Å². The number of rotatable bonds is 7. The lowest BCUT2D eigenvalue weighted by molar-refractivity contribution is -0.0155. The number of nitrogens with one attached hydrogen (secondary N) is 1. The minimum atomic E-state index is 0.524. The Morgan fingerprint density at radius 3 is 3.00 bits per heavy atom. The summed E-state index contributed by atoms with van der Waals surface area (Å²) in [6, 6.07) is 2.71. The number of morpholine rings is 1. The first-order valence-corrected chi connectivity index (χ1v) is 7.85. The summed E-state index contributed by atoms with van der Waals surface area (Å²) < 4.78 is 11.6. The summed E-state index contributed by atoms with van der Waals surface area (Å²) in [5.41, 5.74) is 1.25. The zero-order chi connectivity index (χ0) is 14.4. The van der Waals surface area contributed by atoms with Crippen molar-refractivity contribution in [2.24, 2.45) is 0 Å². The minimum absolute atomic E-state index is 0.524. The van der Waals surface area contributed by atoms with Gasteiger partial charge in [0.25, 0.3) is 0 Å². The molecule has 1 atom stereocenters. The first kappa shape index (κ1) is 15.5. The number of hydrogen-bond donors (Lipinski definition) is 1. The van der Waals surface area contributed by atoms with Gasteiger partial charge in [0.1, 0.15) is 11.5 Å². The monoisotopic (exact) mass is 280 g/mol. The summed E-state index contributed by atoms with van der Waals surface area (Å²) in [5.74, 6) is 2.16. The highest BCUT2D eigenvalue weighted by Crippen LogP contribution is 2.19. The van der Waals surface area contributed by atoms with Crippen LogP contribution in [0, 0.1) is 6.92 Å². The Bertz CT molecular complexity index is 403. The van der Waals surface area contributed by atoms with Crippen LogP contribution in [-0.2, 0) is 17.8 Å². The molecule has 1 aromatic rings. The Hall–Kier alpha value is -0.840. The van der Waals surface area contributed by atoms with Gasteiger partial charge in [-0.05, 0) is 37.9 Å². The molecule has 4 heteroatoms. The van der Waals surface area contributed by atoms with Gasteiger partial charge < -0.3 is 14.5 Å². The Morgan fingerprint density at radius 2 is 2.25 bits per heavy atom. The van der Waals surface area contributed by atoms with E-state index in [0.717, 1.165) is 63.8 Å². The molecular weight excluding hydrogens is 252 g/mol. The average Bonchev–Trinajstić information content (AvgIpc) is 2.80. The van der Waals surface area contributed by atoms with E-state index in [1.807, 2.05) is 0 Å². The predicted molar refractivity (Wildman–Crippen MR) is 80.8 cm³/mol. The molecule has 1 aliphatic heterocycles. The number of aryl methyl sites for hydroxylation is 1. The second-order valence-corrected chi connectivity index (χ2v) is 5.60. The number of nitrogens with zero attached hydrogens (tertiary/aromatic N) is 1. The molecule has 0 spiro atoms. The summed E-state index contributed by atoms with van der Waals surface area (Å²) in [6.07, 6.45) is 2.28. The zero-order valence-electron chi connectivity index (χ0n) is 13.1. The second-order valence-electron chi connectivity index (χ2n) is 5.60. The van der Waals surface area contributed by atoms with E-state index in [1.54, 1.807) is 0 Å². The van der Waals surface area contributed by atoms with E-state index in [1.165, 1.54) is 5.56 Å². The van der Waals surface area contributed by atoms with Crippen LogP contribution >= 0.6 is 0 Å². The Balaban J connectivity index is 1.93. The molecule has 2 heterocycles. The van der Waals surface area contributed by atoms with Gasteiger partial charge in [-0.2, -0.15) is 0 Å². The lowest BCUT2D eigenvalue weighted by Crippen LogP contribution is -2.44. The van der Waals surface area contributed by atoms with Gasteiger partial charge in [-0.25, -0.2) is 0 Å². The van der Waals surface area contributed by atoms with Gasteiger partial charge in [0, 0.05) is 12.6 Å². The van der Waals surface area contributed by atoms with Crippen molar-refractivity contribution in [1.82, 2.24) is 10.2 Å². The van der Waals surface area contributed by atoms with Crippen LogP contribution in [0.4, 0.5) is 0 Å². The van der Waals surface area contributed by atoms with Crippen LogP contribution in [0.25, 0.3) is 0 Å². The number of furan rings is 1. The molecule has 1 saturated heterocycles. The Labute approximate surface area is 122 Å². The molecule has 1 N–H and O–H groups in total. The third-order valence-electron chi connectivity index (χ3n) is 3.96. The minimum Gasteiger partial charge on any atom is -0.463 e. The van der Waals surface area contributed by atoms with E-state index in [2.05, 4.69) is 37.1 Å². The van der Waals surface area contributed by atoms with E-state index in [-0.39, 0.29) is 0 Å². The molecule has 1 aliphatic rings. The number of ether oxygens (including phenoxy) is 1. The van der Waals surface area contributed by atoms with Gasteiger partial charge in [0.15, 0.2) is 0 Å². The summed E-state index contributed by atoms with van der Waals surface area (Å²) in [4.78, 5) is 2.48. The van der Waals surface area contributed by atoms with Crippen molar-refractivity contribution >= 4 is 0 Å². The van der Waals surface area contributed by atoms with Crippen LogP contribution in [0.5, 0.6) is 0 Å². The molecule has 0 saturated carbocycles. The maximum absolute atomic E-state index is 6.01. The lowest BCUT2D eigenvalue weighted by atomic mass is 10.1. The summed E-state index contributed by atoms with van der Waals surface area (Å²) in [6.45, 7) is 12.0. The quantitative estimate of drug-likeness (QED) is 0.779. The van der Waals surface area contributed by atoms with E-state index in [0.29, 0.717) is 6.04 Å². The molecule has 1 unspecified atom stereocenters. The van der Waals surface area contributed by atoms with Crippen molar-refractivity contribution in [3.63, 3.8) is 0 Å². The molecule has 4 nitrogen and oxygen atoms in total. The first-order valence-electron chi connectivity index (χ1n) is 7.85. The molecule has 1 fully saturated rings. The van der Waals surface area contributed by atoms with Gasteiger partial charge in [-0.3, -0.25) is 4.90 Å². The van der Waals surface area contributed by atoms with Crippen molar-refractivity contribution in [3.8, 4) is 0 Å². The molecule has 1 aromatic heterocycles. The fourth-order valence-electron chi connectivity index (χ4n) is 2.70. The van der Waals surface area contributed by atoms with Crippen molar-refractivity contribution in [1.29, 1.82) is 0 Å². The first-order chi connectivity index (χ1) is 9.74. The zero-order valence-corrected chi connectivity index (χ0v) is 13.1. The molecular formula is C16H28N2O2. The van der Waals surface area contributed by atoms with Crippen molar-refractivity contribution < 1.29 is 9.15 Å². The van der Waals surface area contributed by atoms with Crippen molar-refractivity contribution in [2.75, 3.05) is 26.3 Å². The Morgan fingerprint density at radius 1 is 1.40 bits per heavy atom. The fraction of sp³-hybridized carbons (Fsp3) is 0.750. The summed E-state index contributed by atoms with van der Waals surface area (Å²) in [7, 11) is 0. The second kappa shape index (κ2) is 7.81. The maximum Gasteiger partial charge on any atom is 0.120 e. The van der Waals surface area contributed by atoms with Crippen LogP contribution in [0.15, 0.2) is 10.5 Å². The molecule has 0 radical (unpaired) electrons. The van der Waals surface area contributed by atoms with Crippen molar-refractivity contribution in [2.45, 2.75) is 52.7 Å². The standard InChI is InChI=1S/C16H28N2O2/c1-4-6-17-10-16-13(3)9-15(20-16)11-18-7-8-19-12-14(18)5-2/h9,14,17H,4-8,10-12H2,1-3H3. The van der Waals surface area contributed by atoms with Gasteiger partial charge in [-0.15, -0.1) is 0 Å². The average molecular weight is 280 g/mol. The van der Waals surface area contributed by atoms with Crippen LogP contribution < -0.4 is 5.32 Å². The van der Waals surface area contributed by atoms with Crippen LogP contribution in [0.3, 0.4) is 0 Å². The van der Waals surface area contributed by atoms with E-state index < -0.39 is 0 Å². The fourth-order valence-corrected chi connectivity index (χ4v) is 2.70. The lowest BCUT2D eigenvalue weighted by Gasteiger charge is -2.34. The molecule has 20 heavy (non-hydrogen) atoms. The van der Waals surface area contributed by atoms with Gasteiger partial charge >= 0.3 is 0 Å². The normalized spacial score (nSPS) is 20.4. The van der Waals surface area contributed by atoms with Crippen LogP contribution in [0.2, 0.25) is 0 Å². The summed E-state index contributed by atoms with van der Waals surface area (Å²) >= 11 is 0. The van der Waals surface area contributed by atoms with E-state index in [9.17, 15) is 0 Å². The van der Waals surface area contributed by atoms with Gasteiger partial charge in [-0.1, -0.05) is 13.8 Å². The molecule has 2 rings (SSSR count). The molecule has 0 aromatic carbocycles. The van der Waals surface area contributed by atoms with Crippen LogP contribution in [-0.4, -0.2) is 37.2 Å². The van der Waals surface area contributed by atoms with E-state index >= 15 is 0 Å². The largest absolute Gasteiger partial charge is 0.463 e. The Kier molecular flexibility index (Phi) is 6.07. The third-order valence-corrected chi connectivity index (χ3v) is 3.96. The van der Waals surface area contributed by atoms with E-state index in [4.69, 9.17) is 9.15 Å². The SMILES string of the molecule is CCCNCc1oc(CN2CCOCC2CC)cc1C. The summed E-state index contributed by atoms with van der Waals surface area (Å²) in [5, 5.41) is 3.40. The smallest absolute Gasteiger partial charge is 0.120 e. The highest BCUT2D eigenvalue weighted by molar-refractivity contribution is 5.20. The van der Waals surface area contributed by atoms with Crippen molar-refractivity contribution in [3.05, 3.63) is 23.2 Å². The number of hydrogen-bond acceptors (Lipinski definition) is 4. The third kappa shape index (κ3) is 4.08. The van der Waals surface area contributed by atoms with Gasteiger partial charge in [0.05, 0.1) is 26.3 Å². The van der Waals surface area contributed by atoms with Crippen LogP contribution in [0.1, 0.15) is 43.8 Å². The predicted octanol–water partition coefficient (Wildman–Crippen LogP) is 2.70. The molecule has 0 aliphatic carbocycles.